The van der Waals surface area contributed by atoms with Gasteiger partial charge in [-0.05, 0) is 37.1 Å². The number of carbonyl (C=O) groups excluding carboxylic acids is 1. The van der Waals surface area contributed by atoms with E-state index in [1.165, 1.54) is 18.3 Å². The maximum atomic E-state index is 13.4. The topological polar surface area (TPSA) is 72.1 Å². The summed E-state index contributed by atoms with van der Waals surface area (Å²) >= 11 is 0. The third kappa shape index (κ3) is 3.45. The molecule has 6 nitrogen and oxygen atoms in total. The van der Waals surface area contributed by atoms with Gasteiger partial charge in [0.25, 0.3) is 5.91 Å². The number of benzene rings is 1. The molecular weight excluding hydrogens is 347 g/mol. The van der Waals surface area contributed by atoms with Crippen LogP contribution >= 0.6 is 0 Å². The van der Waals surface area contributed by atoms with E-state index in [1.54, 1.807) is 29.2 Å². The molecule has 3 heterocycles. The zero-order valence-corrected chi connectivity index (χ0v) is 14.9. The van der Waals surface area contributed by atoms with E-state index in [0.717, 1.165) is 12.8 Å². The van der Waals surface area contributed by atoms with Crippen LogP contribution < -0.4 is 0 Å². The van der Waals surface area contributed by atoms with Gasteiger partial charge in [0.2, 0.25) is 5.89 Å². The minimum Gasteiger partial charge on any atom is -0.337 e. The van der Waals surface area contributed by atoms with Gasteiger partial charge in [-0.25, -0.2) is 4.39 Å². The Labute approximate surface area is 156 Å². The lowest BCUT2D eigenvalue weighted by atomic mass is 10.1. The lowest BCUT2D eigenvalue weighted by Gasteiger charge is -2.21. The number of pyridine rings is 1. The van der Waals surface area contributed by atoms with Gasteiger partial charge < -0.3 is 9.42 Å². The van der Waals surface area contributed by atoms with Gasteiger partial charge in [0.1, 0.15) is 11.9 Å². The number of amides is 1. The number of aromatic nitrogens is 3. The Morgan fingerprint density at radius 1 is 1.33 bits per heavy atom. The van der Waals surface area contributed by atoms with Crippen LogP contribution in [0.25, 0.3) is 11.3 Å². The zero-order chi connectivity index (χ0) is 18.8. The molecule has 0 aliphatic carbocycles. The van der Waals surface area contributed by atoms with Gasteiger partial charge in [-0.3, -0.25) is 9.78 Å². The lowest BCUT2D eigenvalue weighted by molar-refractivity contribution is 0.0709. The summed E-state index contributed by atoms with van der Waals surface area (Å²) in [5.41, 5.74) is 1.77. The fourth-order valence-electron chi connectivity index (χ4n) is 3.32. The molecule has 1 fully saturated rings. The molecule has 3 aromatic rings. The number of halogens is 1. The quantitative estimate of drug-likeness (QED) is 0.702. The lowest BCUT2D eigenvalue weighted by Crippen LogP contribution is -2.30. The van der Waals surface area contributed by atoms with Crippen molar-refractivity contribution in [3.8, 4) is 11.3 Å². The average Bonchev–Trinajstić information content (AvgIpc) is 3.36. The van der Waals surface area contributed by atoms with E-state index in [0.29, 0.717) is 41.5 Å². The summed E-state index contributed by atoms with van der Waals surface area (Å²) in [4.78, 5) is 23.4. The third-order valence-corrected chi connectivity index (χ3v) is 4.73. The van der Waals surface area contributed by atoms with Gasteiger partial charge >= 0.3 is 0 Å². The number of hydrogen-bond donors (Lipinski definition) is 0. The van der Waals surface area contributed by atoms with Crippen molar-refractivity contribution >= 4 is 5.91 Å². The Hall–Kier alpha value is -3.09. The predicted octanol–water partition coefficient (Wildman–Crippen LogP) is 3.81. The van der Waals surface area contributed by atoms with Gasteiger partial charge in [0.05, 0.1) is 11.3 Å². The molecule has 1 aliphatic heterocycles. The Kier molecular flexibility index (Phi) is 4.66. The van der Waals surface area contributed by atoms with Crippen molar-refractivity contribution in [1.82, 2.24) is 20.0 Å². The first-order valence-electron chi connectivity index (χ1n) is 9.01. The van der Waals surface area contributed by atoms with Crippen LogP contribution in [-0.2, 0) is 6.42 Å². The fourth-order valence-corrected chi connectivity index (χ4v) is 3.32. The molecule has 138 valence electrons. The van der Waals surface area contributed by atoms with Crippen molar-refractivity contribution in [2.45, 2.75) is 32.2 Å². The van der Waals surface area contributed by atoms with Crippen LogP contribution in [-0.4, -0.2) is 32.5 Å². The molecule has 7 heteroatoms. The van der Waals surface area contributed by atoms with Gasteiger partial charge in [-0.2, -0.15) is 4.98 Å². The molecule has 4 rings (SSSR count). The van der Waals surface area contributed by atoms with E-state index < -0.39 is 0 Å². The van der Waals surface area contributed by atoms with Crippen molar-refractivity contribution in [3.63, 3.8) is 0 Å². The van der Waals surface area contributed by atoms with Crippen LogP contribution in [0.1, 0.15) is 47.9 Å². The molecule has 1 saturated heterocycles. The second-order valence-electron chi connectivity index (χ2n) is 6.50. The summed E-state index contributed by atoms with van der Waals surface area (Å²) < 4.78 is 18.7. The molecule has 0 N–H and O–H groups in total. The number of hydrogen-bond acceptors (Lipinski definition) is 5. The van der Waals surface area contributed by atoms with Gasteiger partial charge in [-0.1, -0.05) is 24.2 Å². The summed E-state index contributed by atoms with van der Waals surface area (Å²) in [6.45, 7) is 2.59. The number of likely N-dealkylation sites (tertiary alicyclic amines) is 1. The summed E-state index contributed by atoms with van der Waals surface area (Å²) in [5.74, 6) is 0.694. The van der Waals surface area contributed by atoms with E-state index in [1.807, 2.05) is 6.92 Å². The van der Waals surface area contributed by atoms with E-state index in [4.69, 9.17) is 4.52 Å². The predicted molar refractivity (Wildman–Crippen MR) is 96.3 cm³/mol. The second kappa shape index (κ2) is 7.26. The summed E-state index contributed by atoms with van der Waals surface area (Å²) in [6, 6.07) is 9.47. The van der Waals surface area contributed by atoms with Crippen LogP contribution in [0.5, 0.6) is 0 Å². The highest BCUT2D eigenvalue weighted by Gasteiger charge is 2.34. The number of rotatable bonds is 4. The smallest absolute Gasteiger partial charge is 0.256 e. The largest absolute Gasteiger partial charge is 0.337 e. The standard InChI is InChI=1S/C20H19FN4O2/c1-2-18-23-19(27-24-18)17-7-4-10-25(17)20(26)14-8-9-16(22-12-14)13-5-3-6-15(21)11-13/h3,5-6,8-9,11-12,17H,2,4,7,10H2,1H3/t17-/m0/s1. The molecule has 1 aromatic carbocycles. The Balaban J connectivity index is 1.55. The van der Waals surface area contributed by atoms with Crippen molar-refractivity contribution in [3.05, 3.63) is 65.7 Å². The molecule has 27 heavy (non-hydrogen) atoms. The number of nitrogens with zero attached hydrogens (tertiary/aromatic N) is 4. The monoisotopic (exact) mass is 366 g/mol. The molecule has 0 radical (unpaired) electrons. The van der Waals surface area contributed by atoms with Crippen molar-refractivity contribution in [2.24, 2.45) is 0 Å². The molecule has 0 bridgehead atoms. The molecule has 0 unspecified atom stereocenters. The van der Waals surface area contributed by atoms with Crippen molar-refractivity contribution in [1.29, 1.82) is 0 Å². The van der Waals surface area contributed by atoms with Crippen LogP contribution in [0.3, 0.4) is 0 Å². The molecule has 2 aromatic heterocycles. The Morgan fingerprint density at radius 2 is 2.22 bits per heavy atom. The summed E-state index contributed by atoms with van der Waals surface area (Å²) in [7, 11) is 0. The fraction of sp³-hybridized carbons (Fsp3) is 0.300. The SMILES string of the molecule is CCc1noc([C@@H]2CCCN2C(=O)c2ccc(-c3cccc(F)c3)nc2)n1. The first-order chi connectivity index (χ1) is 13.2. The summed E-state index contributed by atoms with van der Waals surface area (Å²) in [5, 5.41) is 3.93. The van der Waals surface area contributed by atoms with Crippen molar-refractivity contribution < 1.29 is 13.7 Å². The van der Waals surface area contributed by atoms with Gasteiger partial charge in [0.15, 0.2) is 5.82 Å². The molecule has 1 aliphatic rings. The highest BCUT2D eigenvalue weighted by Crippen LogP contribution is 2.32. The van der Waals surface area contributed by atoms with E-state index >= 15 is 0 Å². The zero-order valence-electron chi connectivity index (χ0n) is 14.9. The third-order valence-electron chi connectivity index (χ3n) is 4.73. The van der Waals surface area contributed by atoms with E-state index in [9.17, 15) is 9.18 Å². The molecule has 1 amide bonds. The van der Waals surface area contributed by atoms with E-state index in [-0.39, 0.29) is 17.8 Å². The normalized spacial score (nSPS) is 16.7. The highest BCUT2D eigenvalue weighted by atomic mass is 19.1. The molecule has 0 spiro atoms. The molecule has 0 saturated carbocycles. The van der Waals surface area contributed by atoms with Crippen LogP contribution in [0.4, 0.5) is 4.39 Å². The van der Waals surface area contributed by atoms with Gasteiger partial charge in [0, 0.05) is 24.7 Å². The number of aryl methyl sites for hydroxylation is 1. The Bertz CT molecular complexity index is 955. The number of carbonyl (C=O) groups is 1. The van der Waals surface area contributed by atoms with Gasteiger partial charge in [-0.15, -0.1) is 0 Å². The average molecular weight is 366 g/mol. The molecule has 1 atom stereocenters. The van der Waals surface area contributed by atoms with Crippen LogP contribution in [0.2, 0.25) is 0 Å². The van der Waals surface area contributed by atoms with Crippen molar-refractivity contribution in [2.75, 3.05) is 6.54 Å². The first kappa shape index (κ1) is 17.3. The maximum absolute atomic E-state index is 13.4. The minimum absolute atomic E-state index is 0.118. The van der Waals surface area contributed by atoms with Crippen LogP contribution in [0.15, 0.2) is 47.1 Å². The summed E-state index contributed by atoms with van der Waals surface area (Å²) in [6.07, 6.45) is 3.90. The van der Waals surface area contributed by atoms with E-state index in [2.05, 4.69) is 15.1 Å². The minimum atomic E-state index is -0.319. The highest BCUT2D eigenvalue weighted by molar-refractivity contribution is 5.94. The maximum Gasteiger partial charge on any atom is 0.256 e. The first-order valence-corrected chi connectivity index (χ1v) is 9.01. The molecular formula is C20H19FN4O2. The van der Waals surface area contributed by atoms with Crippen LogP contribution in [0, 0.1) is 5.82 Å². The second-order valence-corrected chi connectivity index (χ2v) is 6.50. The Morgan fingerprint density at radius 3 is 2.93 bits per heavy atom.